The number of benzene rings is 2. The lowest BCUT2D eigenvalue weighted by molar-refractivity contribution is -0.383. The molecule has 112 valence electrons. The number of aromatic nitrogens is 2. The summed E-state index contributed by atoms with van der Waals surface area (Å²) in [5.41, 5.74) is 3.90. The van der Waals surface area contributed by atoms with Crippen LogP contribution in [0.1, 0.15) is 16.7 Å². The molecule has 5 nitrogen and oxygen atoms in total. The molecule has 0 atom stereocenters. The summed E-state index contributed by atoms with van der Waals surface area (Å²) in [6.07, 6.45) is 1.64. The Morgan fingerprint density at radius 3 is 2.59 bits per heavy atom. The maximum Gasteiger partial charge on any atom is 0.300 e. The van der Waals surface area contributed by atoms with Crippen molar-refractivity contribution in [1.29, 1.82) is 0 Å². The Bertz CT molecular complexity index is 869. The first-order chi connectivity index (χ1) is 10.5. The fraction of sp³-hybridized carbons (Fsp3) is 0.188. The van der Waals surface area contributed by atoms with Gasteiger partial charge in [0.25, 0.3) is 5.69 Å². The summed E-state index contributed by atoms with van der Waals surface area (Å²) in [5, 5.41) is 12.0. The van der Waals surface area contributed by atoms with E-state index in [9.17, 15) is 10.1 Å². The number of fused-ring (bicyclic) bond motifs is 1. The van der Waals surface area contributed by atoms with Crippen molar-refractivity contribution in [2.24, 2.45) is 0 Å². The van der Waals surface area contributed by atoms with Gasteiger partial charge in [-0.15, -0.1) is 0 Å². The van der Waals surface area contributed by atoms with Gasteiger partial charge in [0.2, 0.25) is 0 Å². The lowest BCUT2D eigenvalue weighted by Crippen LogP contribution is -2.00. The van der Waals surface area contributed by atoms with Crippen molar-refractivity contribution in [3.63, 3.8) is 0 Å². The monoisotopic (exact) mass is 315 g/mol. The standard InChI is InChI=1S/C16H14ClN3O2/c1-10-7-14-15(16(11(10)2)20(21)22)18-9-19(14)8-12-3-5-13(17)6-4-12/h3-7,9H,8H2,1-2H3. The van der Waals surface area contributed by atoms with Crippen LogP contribution in [-0.4, -0.2) is 14.5 Å². The third-order valence-corrected chi connectivity index (χ3v) is 4.10. The zero-order chi connectivity index (χ0) is 15.9. The number of nitro groups is 1. The maximum absolute atomic E-state index is 11.3. The number of hydrogen-bond donors (Lipinski definition) is 0. The van der Waals surface area contributed by atoms with Crippen LogP contribution in [0.2, 0.25) is 5.02 Å². The van der Waals surface area contributed by atoms with E-state index in [4.69, 9.17) is 11.6 Å². The molecule has 1 aromatic heterocycles. The van der Waals surface area contributed by atoms with E-state index < -0.39 is 0 Å². The number of nitrogens with zero attached hydrogens (tertiary/aromatic N) is 3. The van der Waals surface area contributed by atoms with E-state index in [-0.39, 0.29) is 10.6 Å². The summed E-state index contributed by atoms with van der Waals surface area (Å²) in [6, 6.07) is 9.47. The molecule has 3 rings (SSSR count). The van der Waals surface area contributed by atoms with Crippen LogP contribution in [0, 0.1) is 24.0 Å². The highest BCUT2D eigenvalue weighted by Gasteiger charge is 2.21. The van der Waals surface area contributed by atoms with Gasteiger partial charge in [0, 0.05) is 17.1 Å². The lowest BCUT2D eigenvalue weighted by Gasteiger charge is -2.07. The molecule has 22 heavy (non-hydrogen) atoms. The lowest BCUT2D eigenvalue weighted by atomic mass is 10.1. The second-order valence-electron chi connectivity index (χ2n) is 5.29. The van der Waals surface area contributed by atoms with Gasteiger partial charge in [0.1, 0.15) is 0 Å². The van der Waals surface area contributed by atoms with Crippen molar-refractivity contribution in [2.45, 2.75) is 20.4 Å². The van der Waals surface area contributed by atoms with E-state index in [2.05, 4.69) is 4.98 Å². The van der Waals surface area contributed by atoms with Crippen LogP contribution in [0.15, 0.2) is 36.7 Å². The minimum atomic E-state index is -0.357. The summed E-state index contributed by atoms with van der Waals surface area (Å²) >= 11 is 5.89. The average molecular weight is 316 g/mol. The number of imidazole rings is 1. The van der Waals surface area contributed by atoms with Crippen LogP contribution in [0.4, 0.5) is 5.69 Å². The normalized spacial score (nSPS) is 11.0. The second-order valence-corrected chi connectivity index (χ2v) is 5.73. The summed E-state index contributed by atoms with van der Waals surface area (Å²) < 4.78 is 1.91. The van der Waals surface area contributed by atoms with Gasteiger partial charge in [0.05, 0.1) is 16.8 Å². The molecule has 0 spiro atoms. The molecule has 0 saturated heterocycles. The fourth-order valence-electron chi connectivity index (χ4n) is 2.54. The van der Waals surface area contributed by atoms with Crippen molar-refractivity contribution >= 4 is 28.3 Å². The smallest absolute Gasteiger partial charge is 0.300 e. The first-order valence-electron chi connectivity index (χ1n) is 6.81. The SMILES string of the molecule is Cc1cc2c(ncn2Cc2ccc(Cl)cc2)c([N+](=O)[O-])c1C. The first-order valence-corrected chi connectivity index (χ1v) is 7.19. The molecule has 6 heteroatoms. The molecule has 1 heterocycles. The second kappa shape index (κ2) is 5.42. The first kappa shape index (κ1) is 14.5. The maximum atomic E-state index is 11.3. The van der Waals surface area contributed by atoms with E-state index in [1.165, 1.54) is 0 Å². The number of halogens is 1. The Morgan fingerprint density at radius 2 is 1.95 bits per heavy atom. The van der Waals surface area contributed by atoms with Crippen molar-refractivity contribution in [3.8, 4) is 0 Å². The van der Waals surface area contributed by atoms with Crippen molar-refractivity contribution in [3.05, 3.63) is 68.5 Å². The largest absolute Gasteiger partial charge is 0.326 e. The number of hydrogen-bond acceptors (Lipinski definition) is 3. The van der Waals surface area contributed by atoms with E-state index in [1.54, 1.807) is 13.3 Å². The van der Waals surface area contributed by atoms with Crippen LogP contribution >= 0.6 is 11.6 Å². The highest BCUT2D eigenvalue weighted by molar-refractivity contribution is 6.30. The third-order valence-electron chi connectivity index (χ3n) is 3.85. The number of aryl methyl sites for hydroxylation is 1. The minimum absolute atomic E-state index is 0.0878. The van der Waals surface area contributed by atoms with Gasteiger partial charge in [0.15, 0.2) is 5.52 Å². The Kier molecular flexibility index (Phi) is 3.58. The van der Waals surface area contributed by atoms with Crippen molar-refractivity contribution in [1.82, 2.24) is 9.55 Å². The molecule has 0 aliphatic heterocycles. The van der Waals surface area contributed by atoms with Gasteiger partial charge in [-0.2, -0.15) is 0 Å². The highest BCUT2D eigenvalue weighted by Crippen LogP contribution is 2.31. The summed E-state index contributed by atoms with van der Waals surface area (Å²) in [4.78, 5) is 15.2. The van der Waals surface area contributed by atoms with Gasteiger partial charge in [-0.05, 0) is 43.2 Å². The van der Waals surface area contributed by atoms with Crippen LogP contribution in [0.5, 0.6) is 0 Å². The predicted molar refractivity (Wildman–Crippen MR) is 86.4 cm³/mol. The third kappa shape index (κ3) is 2.44. The zero-order valence-electron chi connectivity index (χ0n) is 12.2. The molecule has 0 radical (unpaired) electrons. The van der Waals surface area contributed by atoms with Gasteiger partial charge in [-0.1, -0.05) is 23.7 Å². The zero-order valence-corrected chi connectivity index (χ0v) is 13.0. The Labute approximate surface area is 132 Å². The molecule has 0 amide bonds. The van der Waals surface area contributed by atoms with Crippen molar-refractivity contribution in [2.75, 3.05) is 0 Å². The van der Waals surface area contributed by atoms with E-state index in [1.807, 2.05) is 41.8 Å². The summed E-state index contributed by atoms with van der Waals surface area (Å²) in [6.45, 7) is 4.22. The Balaban J connectivity index is 2.12. The van der Waals surface area contributed by atoms with Crippen LogP contribution < -0.4 is 0 Å². The van der Waals surface area contributed by atoms with Gasteiger partial charge in [-0.3, -0.25) is 10.1 Å². The molecule has 2 aromatic carbocycles. The fourth-order valence-corrected chi connectivity index (χ4v) is 2.67. The van der Waals surface area contributed by atoms with Crippen molar-refractivity contribution < 1.29 is 4.92 Å². The molecular formula is C16H14ClN3O2. The number of rotatable bonds is 3. The summed E-state index contributed by atoms with van der Waals surface area (Å²) in [5.74, 6) is 0. The van der Waals surface area contributed by atoms with E-state index in [0.29, 0.717) is 22.6 Å². The summed E-state index contributed by atoms with van der Waals surface area (Å²) in [7, 11) is 0. The van der Waals surface area contributed by atoms with Crippen LogP contribution in [0.3, 0.4) is 0 Å². The molecule has 0 unspecified atom stereocenters. The molecule has 0 aliphatic rings. The molecular weight excluding hydrogens is 302 g/mol. The molecule has 0 N–H and O–H groups in total. The molecule has 0 aliphatic carbocycles. The van der Waals surface area contributed by atoms with Crippen LogP contribution in [0.25, 0.3) is 11.0 Å². The molecule has 0 fully saturated rings. The van der Waals surface area contributed by atoms with Gasteiger partial charge >= 0.3 is 0 Å². The molecule has 3 aromatic rings. The average Bonchev–Trinajstić information content (AvgIpc) is 2.84. The van der Waals surface area contributed by atoms with Crippen LogP contribution in [-0.2, 0) is 6.54 Å². The highest BCUT2D eigenvalue weighted by atomic mass is 35.5. The topological polar surface area (TPSA) is 61.0 Å². The van der Waals surface area contributed by atoms with E-state index in [0.717, 1.165) is 16.6 Å². The minimum Gasteiger partial charge on any atom is -0.326 e. The number of nitro benzene ring substituents is 1. The Hall–Kier alpha value is -2.40. The van der Waals surface area contributed by atoms with E-state index >= 15 is 0 Å². The Morgan fingerprint density at radius 1 is 1.27 bits per heavy atom. The predicted octanol–water partition coefficient (Wildman–Crippen LogP) is 4.26. The quantitative estimate of drug-likeness (QED) is 0.536. The van der Waals surface area contributed by atoms with Gasteiger partial charge < -0.3 is 4.57 Å². The molecule has 0 bridgehead atoms. The van der Waals surface area contributed by atoms with Gasteiger partial charge in [-0.25, -0.2) is 4.98 Å². The molecule has 0 saturated carbocycles.